The molecule has 0 atom stereocenters. The van der Waals surface area contributed by atoms with E-state index < -0.39 is 0 Å². The molecule has 0 radical (unpaired) electrons. The lowest BCUT2D eigenvalue weighted by atomic mass is 10.1. The molecule has 21 heavy (non-hydrogen) atoms. The van der Waals surface area contributed by atoms with Crippen molar-refractivity contribution in [2.75, 3.05) is 12.3 Å². The maximum Gasteiger partial charge on any atom is 0.233 e. The fraction of sp³-hybridized carbons (Fsp3) is 0.400. The highest BCUT2D eigenvalue weighted by molar-refractivity contribution is 7.99. The van der Waals surface area contributed by atoms with E-state index in [1.807, 2.05) is 4.90 Å². The molecule has 6 heteroatoms. The van der Waals surface area contributed by atoms with Crippen LogP contribution in [0.3, 0.4) is 0 Å². The number of aromatic nitrogens is 3. The van der Waals surface area contributed by atoms with Gasteiger partial charge in [-0.2, -0.15) is 5.10 Å². The van der Waals surface area contributed by atoms with Crippen molar-refractivity contribution in [3.05, 3.63) is 41.7 Å². The van der Waals surface area contributed by atoms with Crippen molar-refractivity contribution in [1.29, 1.82) is 0 Å². The molecule has 1 aromatic carbocycles. The lowest BCUT2D eigenvalue weighted by Gasteiger charge is -2.22. The van der Waals surface area contributed by atoms with E-state index in [9.17, 15) is 4.79 Å². The Morgan fingerprint density at radius 3 is 2.71 bits per heavy atom. The van der Waals surface area contributed by atoms with E-state index in [4.69, 9.17) is 0 Å². The lowest BCUT2D eigenvalue weighted by molar-refractivity contribution is -0.129. The van der Waals surface area contributed by atoms with E-state index in [-0.39, 0.29) is 5.91 Å². The van der Waals surface area contributed by atoms with Crippen molar-refractivity contribution in [2.45, 2.75) is 32.0 Å². The van der Waals surface area contributed by atoms with E-state index in [0.29, 0.717) is 17.5 Å². The number of nitrogens with one attached hydrogen (secondary N) is 1. The monoisotopic (exact) mass is 304 g/mol. The summed E-state index contributed by atoms with van der Waals surface area (Å²) >= 11 is 1.38. The normalized spacial score (nSPS) is 10.6. The second kappa shape index (κ2) is 7.83. The van der Waals surface area contributed by atoms with Gasteiger partial charge in [-0.1, -0.05) is 48.5 Å². The Balaban J connectivity index is 1.93. The van der Waals surface area contributed by atoms with Crippen molar-refractivity contribution in [3.8, 4) is 0 Å². The average molecular weight is 304 g/mol. The fourth-order valence-electron chi connectivity index (χ4n) is 1.96. The Kier molecular flexibility index (Phi) is 5.80. The standard InChI is InChI=1S/C15H20N4OS/c1-3-8-19(9-13-6-4-12(2)5-7-13)14(20)10-21-15-16-11-17-18-15/h4-7,11H,3,8-10H2,1-2H3,(H,16,17,18). The Bertz CT molecular complexity index is 554. The molecule has 0 unspecified atom stereocenters. The molecule has 0 aliphatic carbocycles. The van der Waals surface area contributed by atoms with Gasteiger partial charge in [0.25, 0.3) is 0 Å². The van der Waals surface area contributed by atoms with Crippen molar-refractivity contribution in [3.63, 3.8) is 0 Å². The highest BCUT2D eigenvalue weighted by Crippen LogP contribution is 2.14. The molecule has 0 bridgehead atoms. The molecule has 0 aliphatic rings. The molecule has 2 aromatic rings. The molecule has 0 saturated heterocycles. The van der Waals surface area contributed by atoms with E-state index in [1.165, 1.54) is 23.7 Å². The number of H-pyrrole nitrogens is 1. The van der Waals surface area contributed by atoms with Crippen molar-refractivity contribution in [1.82, 2.24) is 20.1 Å². The zero-order chi connectivity index (χ0) is 15.1. The van der Waals surface area contributed by atoms with Gasteiger partial charge >= 0.3 is 0 Å². The quantitative estimate of drug-likeness (QED) is 0.799. The lowest BCUT2D eigenvalue weighted by Crippen LogP contribution is -2.32. The van der Waals surface area contributed by atoms with Crippen LogP contribution in [-0.4, -0.2) is 38.3 Å². The molecule has 112 valence electrons. The number of carbonyl (C=O) groups is 1. The average Bonchev–Trinajstić information content (AvgIpc) is 3.00. The zero-order valence-electron chi connectivity index (χ0n) is 12.4. The minimum atomic E-state index is 0.124. The van der Waals surface area contributed by atoms with Crippen LogP contribution >= 0.6 is 11.8 Å². The summed E-state index contributed by atoms with van der Waals surface area (Å²) in [6.07, 6.45) is 2.40. The fourth-order valence-corrected chi connectivity index (χ4v) is 2.64. The molecule has 0 spiro atoms. The summed E-state index contributed by atoms with van der Waals surface area (Å²) in [5.41, 5.74) is 2.39. The predicted octanol–water partition coefficient (Wildman–Crippen LogP) is 2.64. The van der Waals surface area contributed by atoms with Crippen LogP contribution in [0.15, 0.2) is 35.7 Å². The summed E-state index contributed by atoms with van der Waals surface area (Å²) in [6.45, 7) is 5.57. The van der Waals surface area contributed by atoms with Crippen LogP contribution < -0.4 is 0 Å². The van der Waals surface area contributed by atoms with E-state index in [1.54, 1.807) is 0 Å². The van der Waals surface area contributed by atoms with Crippen LogP contribution in [-0.2, 0) is 11.3 Å². The third-order valence-corrected chi connectivity index (χ3v) is 3.93. The first kappa shape index (κ1) is 15.6. The maximum atomic E-state index is 12.3. The molecule has 0 saturated carbocycles. The van der Waals surface area contributed by atoms with Gasteiger partial charge in [-0.25, -0.2) is 4.98 Å². The Morgan fingerprint density at radius 2 is 2.10 bits per heavy atom. The van der Waals surface area contributed by atoms with Crippen LogP contribution in [0.25, 0.3) is 0 Å². The Morgan fingerprint density at radius 1 is 1.33 bits per heavy atom. The number of thioether (sulfide) groups is 1. The minimum Gasteiger partial charge on any atom is -0.338 e. The van der Waals surface area contributed by atoms with Crippen LogP contribution in [0.1, 0.15) is 24.5 Å². The molecule has 0 fully saturated rings. The van der Waals surface area contributed by atoms with Gasteiger partial charge in [0.05, 0.1) is 5.75 Å². The Labute approximate surface area is 129 Å². The van der Waals surface area contributed by atoms with Crippen LogP contribution in [0.4, 0.5) is 0 Å². The van der Waals surface area contributed by atoms with Gasteiger partial charge in [0.15, 0.2) is 5.16 Å². The number of hydrogen-bond donors (Lipinski definition) is 1. The number of hydrogen-bond acceptors (Lipinski definition) is 4. The van der Waals surface area contributed by atoms with Gasteiger partial charge < -0.3 is 4.90 Å². The topological polar surface area (TPSA) is 61.9 Å². The number of carbonyl (C=O) groups excluding carboxylic acids is 1. The van der Waals surface area contributed by atoms with Crippen LogP contribution in [0.5, 0.6) is 0 Å². The van der Waals surface area contributed by atoms with Gasteiger partial charge in [0.2, 0.25) is 5.91 Å². The summed E-state index contributed by atoms with van der Waals surface area (Å²) in [6, 6.07) is 8.31. The molecular weight excluding hydrogens is 284 g/mol. The van der Waals surface area contributed by atoms with Crippen molar-refractivity contribution < 1.29 is 4.79 Å². The molecule has 1 heterocycles. The summed E-state index contributed by atoms with van der Waals surface area (Å²) in [4.78, 5) is 18.3. The van der Waals surface area contributed by atoms with E-state index in [2.05, 4.69) is 53.3 Å². The summed E-state index contributed by atoms with van der Waals surface area (Å²) in [7, 11) is 0. The van der Waals surface area contributed by atoms with Gasteiger partial charge in [-0.05, 0) is 18.9 Å². The number of rotatable bonds is 7. The van der Waals surface area contributed by atoms with E-state index >= 15 is 0 Å². The van der Waals surface area contributed by atoms with Crippen molar-refractivity contribution in [2.24, 2.45) is 0 Å². The highest BCUT2D eigenvalue weighted by Gasteiger charge is 2.14. The second-order valence-corrected chi connectivity index (χ2v) is 5.84. The first-order chi connectivity index (χ1) is 10.2. The molecule has 1 aromatic heterocycles. The van der Waals surface area contributed by atoms with Gasteiger partial charge in [-0.15, -0.1) is 0 Å². The van der Waals surface area contributed by atoms with Crippen LogP contribution in [0.2, 0.25) is 0 Å². The smallest absolute Gasteiger partial charge is 0.233 e. The number of aromatic amines is 1. The van der Waals surface area contributed by atoms with Gasteiger partial charge in [0, 0.05) is 13.1 Å². The Hall–Kier alpha value is -1.82. The minimum absolute atomic E-state index is 0.124. The summed E-state index contributed by atoms with van der Waals surface area (Å²) in [5, 5.41) is 7.20. The number of nitrogens with zero attached hydrogens (tertiary/aromatic N) is 3. The molecule has 5 nitrogen and oxygen atoms in total. The first-order valence-corrected chi connectivity index (χ1v) is 7.99. The number of aryl methyl sites for hydroxylation is 1. The summed E-state index contributed by atoms with van der Waals surface area (Å²) < 4.78 is 0. The number of benzene rings is 1. The molecular formula is C15H20N4OS. The summed E-state index contributed by atoms with van der Waals surface area (Å²) in [5.74, 6) is 0.500. The second-order valence-electron chi connectivity index (χ2n) is 4.88. The van der Waals surface area contributed by atoms with Crippen LogP contribution in [0, 0.1) is 6.92 Å². The zero-order valence-corrected chi connectivity index (χ0v) is 13.2. The number of amides is 1. The van der Waals surface area contributed by atoms with E-state index in [0.717, 1.165) is 18.5 Å². The third-order valence-electron chi connectivity index (χ3n) is 3.07. The maximum absolute atomic E-state index is 12.3. The molecule has 0 aliphatic heterocycles. The molecule has 1 N–H and O–H groups in total. The largest absolute Gasteiger partial charge is 0.338 e. The third kappa shape index (κ3) is 4.90. The molecule has 1 amide bonds. The van der Waals surface area contributed by atoms with Crippen molar-refractivity contribution >= 4 is 17.7 Å². The molecule has 2 rings (SSSR count). The first-order valence-electron chi connectivity index (χ1n) is 7.00. The highest BCUT2D eigenvalue weighted by atomic mass is 32.2. The predicted molar refractivity (Wildman–Crippen MR) is 84.0 cm³/mol. The van der Waals surface area contributed by atoms with Gasteiger partial charge in [0.1, 0.15) is 6.33 Å². The van der Waals surface area contributed by atoms with Gasteiger partial charge in [-0.3, -0.25) is 9.89 Å². The SMILES string of the molecule is CCCN(Cc1ccc(C)cc1)C(=O)CSc1ncn[nH]1.